The minimum atomic E-state index is -0.514. The number of aromatic nitrogens is 2. The molecule has 1 aliphatic carbocycles. The largest absolute Gasteiger partial charge is 0.464 e. The summed E-state index contributed by atoms with van der Waals surface area (Å²) in [6.07, 6.45) is 5.33. The van der Waals surface area contributed by atoms with E-state index in [0.29, 0.717) is 5.82 Å². The van der Waals surface area contributed by atoms with Crippen molar-refractivity contribution in [3.8, 4) is 11.5 Å². The second kappa shape index (κ2) is 6.23. The summed E-state index contributed by atoms with van der Waals surface area (Å²) < 4.78 is 16.8. The van der Waals surface area contributed by atoms with Crippen LogP contribution in [0.1, 0.15) is 42.6 Å². The third-order valence-electron chi connectivity index (χ3n) is 4.48. The predicted octanol–water partition coefficient (Wildman–Crippen LogP) is 3.44. The van der Waals surface area contributed by atoms with E-state index in [9.17, 15) is 4.79 Å². The molecule has 4 rings (SSSR count). The van der Waals surface area contributed by atoms with Gasteiger partial charge in [-0.3, -0.25) is 0 Å². The highest BCUT2D eigenvalue weighted by atomic mass is 16.7. The molecule has 1 fully saturated rings. The van der Waals surface area contributed by atoms with Crippen molar-refractivity contribution in [3.05, 3.63) is 36.0 Å². The van der Waals surface area contributed by atoms with E-state index < -0.39 is 11.8 Å². The topological polar surface area (TPSA) is 82.6 Å². The molecule has 0 bridgehead atoms. The second-order valence-corrected chi connectivity index (χ2v) is 6.26. The molecule has 0 amide bonds. The van der Waals surface area contributed by atoms with Gasteiger partial charge in [0.15, 0.2) is 23.0 Å². The summed E-state index contributed by atoms with van der Waals surface area (Å²) in [5.74, 6) is 1.05. The Balaban J connectivity index is 1.48. The van der Waals surface area contributed by atoms with Crippen LogP contribution >= 0.6 is 0 Å². The lowest BCUT2D eigenvalue weighted by Gasteiger charge is -2.31. The van der Waals surface area contributed by atoms with Gasteiger partial charge < -0.3 is 19.5 Å². The van der Waals surface area contributed by atoms with Gasteiger partial charge in [-0.2, -0.15) is 0 Å². The van der Waals surface area contributed by atoms with E-state index in [1.54, 1.807) is 12.1 Å². The maximum Gasteiger partial charge on any atom is 0.358 e. The van der Waals surface area contributed by atoms with Crippen molar-refractivity contribution in [2.75, 3.05) is 12.4 Å². The van der Waals surface area contributed by atoms with Crippen LogP contribution < -0.4 is 14.8 Å². The molecule has 130 valence electrons. The van der Waals surface area contributed by atoms with Gasteiger partial charge in [0.2, 0.25) is 0 Å². The normalized spacial score (nSPS) is 17.3. The van der Waals surface area contributed by atoms with E-state index in [-0.39, 0.29) is 5.69 Å². The van der Waals surface area contributed by atoms with E-state index in [1.165, 1.54) is 13.5 Å². The summed E-state index contributed by atoms with van der Waals surface area (Å²) in [5, 5.41) is 11.0. The monoisotopic (exact) mass is 341 g/mol. The number of carbonyl (C=O) groups excluding carboxylic acids is 1. The summed E-state index contributed by atoms with van der Waals surface area (Å²) >= 11 is 0. The third kappa shape index (κ3) is 3.09. The van der Waals surface area contributed by atoms with Crippen LogP contribution in [0.15, 0.2) is 30.3 Å². The molecule has 2 heterocycles. The highest BCUT2D eigenvalue weighted by Crippen LogP contribution is 2.46. The first-order valence-electron chi connectivity index (χ1n) is 8.39. The SMILES string of the molecule is COC(=O)c1ccc(Nc2ccc3c(c2)OC2(CCCCC2)O3)nn1. The second-order valence-electron chi connectivity index (χ2n) is 6.26. The molecule has 1 aromatic carbocycles. The van der Waals surface area contributed by atoms with E-state index in [4.69, 9.17) is 9.47 Å². The number of rotatable bonds is 3. The Labute approximate surface area is 145 Å². The number of nitrogens with zero attached hydrogens (tertiary/aromatic N) is 2. The molecule has 25 heavy (non-hydrogen) atoms. The highest BCUT2D eigenvalue weighted by molar-refractivity contribution is 5.87. The summed E-state index contributed by atoms with van der Waals surface area (Å²) in [6, 6.07) is 8.93. The van der Waals surface area contributed by atoms with Gasteiger partial charge in [-0.15, -0.1) is 10.2 Å². The summed E-state index contributed by atoms with van der Waals surface area (Å²) in [6.45, 7) is 0. The number of anilines is 2. The quantitative estimate of drug-likeness (QED) is 0.856. The molecule has 0 atom stereocenters. The van der Waals surface area contributed by atoms with Crippen LogP contribution in [-0.2, 0) is 4.74 Å². The first-order valence-corrected chi connectivity index (χ1v) is 8.39. The van der Waals surface area contributed by atoms with Crippen molar-refractivity contribution in [2.45, 2.75) is 37.9 Å². The summed E-state index contributed by atoms with van der Waals surface area (Å²) in [5.41, 5.74) is 0.980. The number of fused-ring (bicyclic) bond motifs is 1. The van der Waals surface area contributed by atoms with Crippen LogP contribution in [-0.4, -0.2) is 29.1 Å². The number of methoxy groups -OCH3 is 1. The molecule has 0 radical (unpaired) electrons. The lowest BCUT2D eigenvalue weighted by molar-refractivity contribution is -0.105. The molecule has 0 saturated heterocycles. The van der Waals surface area contributed by atoms with Gasteiger partial charge in [0.25, 0.3) is 5.79 Å². The molecular formula is C18H19N3O4. The lowest BCUT2D eigenvalue weighted by Crippen LogP contribution is -2.40. The number of ether oxygens (including phenoxy) is 3. The van der Waals surface area contributed by atoms with Gasteiger partial charge in [-0.1, -0.05) is 6.42 Å². The minimum absolute atomic E-state index is 0.165. The van der Waals surface area contributed by atoms with Crippen LogP contribution in [0.3, 0.4) is 0 Å². The fourth-order valence-corrected chi connectivity index (χ4v) is 3.23. The van der Waals surface area contributed by atoms with Gasteiger partial charge in [0.05, 0.1) is 7.11 Å². The van der Waals surface area contributed by atoms with Crippen molar-refractivity contribution >= 4 is 17.5 Å². The first kappa shape index (κ1) is 15.7. The molecule has 2 aliphatic rings. The average Bonchev–Trinajstić information content (AvgIpc) is 2.98. The Kier molecular flexibility index (Phi) is 3.91. The molecular weight excluding hydrogens is 322 g/mol. The van der Waals surface area contributed by atoms with Crippen LogP contribution in [0.4, 0.5) is 11.5 Å². The zero-order chi connectivity index (χ0) is 17.3. The van der Waals surface area contributed by atoms with Gasteiger partial charge in [-0.25, -0.2) is 4.79 Å². The van der Waals surface area contributed by atoms with E-state index in [1.807, 2.05) is 18.2 Å². The Morgan fingerprint density at radius 2 is 1.88 bits per heavy atom. The standard InChI is InChI=1S/C18H19N3O4/c1-23-17(22)13-6-8-16(21-20-13)19-12-5-7-14-15(11-12)25-18(24-14)9-3-2-4-10-18/h5-8,11H,2-4,9-10H2,1H3,(H,19,21). The smallest absolute Gasteiger partial charge is 0.358 e. The number of hydrogen-bond acceptors (Lipinski definition) is 7. The number of hydrogen-bond donors (Lipinski definition) is 1. The van der Waals surface area contributed by atoms with Gasteiger partial charge >= 0.3 is 5.97 Å². The summed E-state index contributed by atoms with van der Waals surface area (Å²) in [4.78, 5) is 11.4. The predicted molar refractivity (Wildman–Crippen MR) is 90.2 cm³/mol. The molecule has 7 heteroatoms. The van der Waals surface area contributed by atoms with Crippen LogP contribution in [0.5, 0.6) is 11.5 Å². The van der Waals surface area contributed by atoms with Crippen LogP contribution in [0, 0.1) is 0 Å². The molecule has 1 aromatic heterocycles. The van der Waals surface area contributed by atoms with Gasteiger partial charge in [0.1, 0.15) is 0 Å². The van der Waals surface area contributed by atoms with Crippen molar-refractivity contribution in [1.29, 1.82) is 0 Å². The Bertz CT molecular complexity index is 785. The number of esters is 1. The Hall–Kier alpha value is -2.83. The average molecular weight is 341 g/mol. The van der Waals surface area contributed by atoms with Crippen molar-refractivity contribution in [2.24, 2.45) is 0 Å². The fourth-order valence-electron chi connectivity index (χ4n) is 3.23. The Morgan fingerprint density at radius 3 is 2.60 bits per heavy atom. The fraction of sp³-hybridized carbons (Fsp3) is 0.389. The van der Waals surface area contributed by atoms with Gasteiger partial charge in [0, 0.05) is 24.6 Å². The van der Waals surface area contributed by atoms with Crippen molar-refractivity contribution in [3.63, 3.8) is 0 Å². The van der Waals surface area contributed by atoms with E-state index in [2.05, 4.69) is 20.3 Å². The van der Waals surface area contributed by atoms with E-state index >= 15 is 0 Å². The lowest BCUT2D eigenvalue weighted by atomic mass is 9.94. The molecule has 7 nitrogen and oxygen atoms in total. The number of benzene rings is 1. The zero-order valence-electron chi connectivity index (χ0n) is 13.9. The molecule has 1 N–H and O–H groups in total. The third-order valence-corrected chi connectivity index (χ3v) is 4.48. The van der Waals surface area contributed by atoms with E-state index in [0.717, 1.165) is 42.9 Å². The maximum absolute atomic E-state index is 11.4. The Morgan fingerprint density at radius 1 is 1.08 bits per heavy atom. The van der Waals surface area contributed by atoms with Crippen LogP contribution in [0.2, 0.25) is 0 Å². The molecule has 0 unspecified atom stereocenters. The van der Waals surface area contributed by atoms with Crippen LogP contribution in [0.25, 0.3) is 0 Å². The molecule has 2 aromatic rings. The zero-order valence-corrected chi connectivity index (χ0v) is 13.9. The van der Waals surface area contributed by atoms with Crippen molar-refractivity contribution in [1.82, 2.24) is 10.2 Å². The van der Waals surface area contributed by atoms with Gasteiger partial charge in [-0.05, 0) is 37.1 Å². The summed E-state index contributed by atoms with van der Waals surface area (Å²) in [7, 11) is 1.31. The minimum Gasteiger partial charge on any atom is -0.464 e. The molecule has 1 spiro atoms. The highest BCUT2D eigenvalue weighted by Gasteiger charge is 2.42. The maximum atomic E-state index is 11.4. The molecule has 1 aliphatic heterocycles. The number of nitrogens with one attached hydrogen (secondary N) is 1. The molecule has 1 saturated carbocycles. The number of carbonyl (C=O) groups is 1. The first-order chi connectivity index (χ1) is 12.2. The van der Waals surface area contributed by atoms with Crippen molar-refractivity contribution < 1.29 is 19.0 Å².